The van der Waals surface area contributed by atoms with Gasteiger partial charge in [0.25, 0.3) is 0 Å². The van der Waals surface area contributed by atoms with Crippen molar-refractivity contribution in [1.29, 1.82) is 0 Å². The molecular formula is C15H22F3N. The van der Waals surface area contributed by atoms with Gasteiger partial charge < -0.3 is 5.32 Å². The topological polar surface area (TPSA) is 12.0 Å². The van der Waals surface area contributed by atoms with Crippen molar-refractivity contribution in [2.45, 2.75) is 51.7 Å². The average Bonchev–Trinajstić information content (AvgIpc) is 2.37. The van der Waals surface area contributed by atoms with Crippen molar-refractivity contribution in [2.75, 3.05) is 6.54 Å². The number of nitrogens with one attached hydrogen (secondary N) is 1. The van der Waals surface area contributed by atoms with Gasteiger partial charge in [-0.3, -0.25) is 0 Å². The molecule has 1 N–H and O–H groups in total. The summed E-state index contributed by atoms with van der Waals surface area (Å²) in [6.45, 7) is 5.18. The minimum atomic E-state index is -4.24. The standard InChI is InChI=1S/C15H22F3N/c1-3-14(19-4-2)7-5-6-12-8-10-13(11-9-12)15(16,17)18/h8-11,14,19H,3-7H2,1-2H3. The summed E-state index contributed by atoms with van der Waals surface area (Å²) in [5.41, 5.74) is 0.398. The van der Waals surface area contributed by atoms with E-state index in [0.717, 1.165) is 49.9 Å². The van der Waals surface area contributed by atoms with E-state index >= 15 is 0 Å². The van der Waals surface area contributed by atoms with Gasteiger partial charge in [-0.15, -0.1) is 0 Å². The summed E-state index contributed by atoms with van der Waals surface area (Å²) in [6, 6.07) is 6.00. The Labute approximate surface area is 113 Å². The maximum absolute atomic E-state index is 12.4. The lowest BCUT2D eigenvalue weighted by Gasteiger charge is -2.15. The molecule has 1 aromatic rings. The molecule has 0 aliphatic heterocycles. The zero-order valence-corrected chi connectivity index (χ0v) is 11.6. The molecule has 0 bridgehead atoms. The van der Waals surface area contributed by atoms with Crippen LogP contribution in [0.5, 0.6) is 0 Å². The van der Waals surface area contributed by atoms with E-state index in [-0.39, 0.29) is 0 Å². The van der Waals surface area contributed by atoms with E-state index in [1.165, 1.54) is 0 Å². The Bertz CT molecular complexity index is 357. The average molecular weight is 273 g/mol. The van der Waals surface area contributed by atoms with Crippen LogP contribution in [-0.2, 0) is 12.6 Å². The molecule has 0 aliphatic carbocycles. The Morgan fingerprint density at radius 1 is 1.11 bits per heavy atom. The van der Waals surface area contributed by atoms with Crippen molar-refractivity contribution in [3.05, 3.63) is 35.4 Å². The normalized spacial score (nSPS) is 13.5. The molecule has 0 saturated heterocycles. The Hall–Kier alpha value is -1.03. The minimum absolute atomic E-state index is 0.513. The smallest absolute Gasteiger partial charge is 0.314 e. The van der Waals surface area contributed by atoms with Gasteiger partial charge in [0.2, 0.25) is 0 Å². The van der Waals surface area contributed by atoms with Crippen LogP contribution < -0.4 is 5.32 Å². The highest BCUT2D eigenvalue weighted by atomic mass is 19.4. The highest BCUT2D eigenvalue weighted by molar-refractivity contribution is 5.24. The first-order valence-electron chi connectivity index (χ1n) is 6.86. The Morgan fingerprint density at radius 2 is 1.74 bits per heavy atom. The van der Waals surface area contributed by atoms with E-state index in [1.807, 2.05) is 0 Å². The number of rotatable bonds is 7. The van der Waals surface area contributed by atoms with Crippen LogP contribution in [0.25, 0.3) is 0 Å². The third kappa shape index (κ3) is 5.64. The molecule has 0 aromatic heterocycles. The first kappa shape index (κ1) is 16.0. The van der Waals surface area contributed by atoms with Crippen LogP contribution in [0, 0.1) is 0 Å². The van der Waals surface area contributed by atoms with Gasteiger partial charge in [0, 0.05) is 6.04 Å². The molecule has 0 aliphatic rings. The number of hydrogen-bond acceptors (Lipinski definition) is 1. The van der Waals surface area contributed by atoms with Gasteiger partial charge in [-0.25, -0.2) is 0 Å². The Balaban J connectivity index is 2.42. The van der Waals surface area contributed by atoms with Crippen LogP contribution in [0.15, 0.2) is 24.3 Å². The molecule has 0 heterocycles. The molecule has 108 valence electrons. The first-order valence-corrected chi connectivity index (χ1v) is 6.86. The van der Waals surface area contributed by atoms with Crippen molar-refractivity contribution in [2.24, 2.45) is 0 Å². The molecule has 1 unspecified atom stereocenters. The van der Waals surface area contributed by atoms with Crippen LogP contribution in [0.2, 0.25) is 0 Å². The number of aryl methyl sites for hydroxylation is 1. The monoisotopic (exact) mass is 273 g/mol. The minimum Gasteiger partial charge on any atom is -0.314 e. The largest absolute Gasteiger partial charge is 0.416 e. The zero-order chi connectivity index (χ0) is 14.3. The Morgan fingerprint density at radius 3 is 2.21 bits per heavy atom. The van der Waals surface area contributed by atoms with Crippen LogP contribution in [-0.4, -0.2) is 12.6 Å². The fourth-order valence-corrected chi connectivity index (χ4v) is 2.15. The van der Waals surface area contributed by atoms with Crippen molar-refractivity contribution in [1.82, 2.24) is 5.32 Å². The lowest BCUT2D eigenvalue weighted by atomic mass is 10.0. The van der Waals surface area contributed by atoms with Gasteiger partial charge in [0.1, 0.15) is 0 Å². The molecule has 4 heteroatoms. The second-order valence-corrected chi connectivity index (χ2v) is 4.75. The summed E-state index contributed by atoms with van der Waals surface area (Å²) in [4.78, 5) is 0. The van der Waals surface area contributed by atoms with Gasteiger partial charge in [0.05, 0.1) is 5.56 Å². The molecular weight excluding hydrogens is 251 g/mol. The number of alkyl halides is 3. The maximum Gasteiger partial charge on any atom is 0.416 e. The van der Waals surface area contributed by atoms with E-state index in [2.05, 4.69) is 19.2 Å². The van der Waals surface area contributed by atoms with E-state index in [9.17, 15) is 13.2 Å². The van der Waals surface area contributed by atoms with Gasteiger partial charge in [-0.05, 0) is 49.9 Å². The highest BCUT2D eigenvalue weighted by Gasteiger charge is 2.29. The molecule has 1 aromatic carbocycles. The van der Waals surface area contributed by atoms with Crippen LogP contribution in [0.4, 0.5) is 13.2 Å². The zero-order valence-electron chi connectivity index (χ0n) is 11.6. The summed E-state index contributed by atoms with van der Waals surface area (Å²) in [5, 5.41) is 3.40. The van der Waals surface area contributed by atoms with Gasteiger partial charge in [-0.2, -0.15) is 13.2 Å². The number of halogens is 3. The predicted molar refractivity (Wildman–Crippen MR) is 72.1 cm³/mol. The quantitative estimate of drug-likeness (QED) is 0.775. The highest BCUT2D eigenvalue weighted by Crippen LogP contribution is 2.29. The van der Waals surface area contributed by atoms with Crippen molar-refractivity contribution >= 4 is 0 Å². The second kappa shape index (κ2) is 7.53. The van der Waals surface area contributed by atoms with E-state index in [1.54, 1.807) is 12.1 Å². The summed E-state index contributed by atoms with van der Waals surface area (Å²) in [6.07, 6.45) is -0.264. The lowest BCUT2D eigenvalue weighted by molar-refractivity contribution is -0.137. The predicted octanol–water partition coefficient (Wildman–Crippen LogP) is 4.42. The molecule has 0 amide bonds. The third-order valence-electron chi connectivity index (χ3n) is 3.28. The lowest BCUT2D eigenvalue weighted by Crippen LogP contribution is -2.27. The summed E-state index contributed by atoms with van der Waals surface area (Å²) in [5.74, 6) is 0. The summed E-state index contributed by atoms with van der Waals surface area (Å²) < 4.78 is 37.2. The fraction of sp³-hybridized carbons (Fsp3) is 0.600. The van der Waals surface area contributed by atoms with Gasteiger partial charge >= 0.3 is 6.18 Å². The van der Waals surface area contributed by atoms with E-state index < -0.39 is 11.7 Å². The fourth-order valence-electron chi connectivity index (χ4n) is 2.15. The molecule has 0 saturated carbocycles. The van der Waals surface area contributed by atoms with Crippen LogP contribution >= 0.6 is 0 Å². The molecule has 0 spiro atoms. The molecule has 1 nitrogen and oxygen atoms in total. The van der Waals surface area contributed by atoms with Gasteiger partial charge in [0.15, 0.2) is 0 Å². The summed E-state index contributed by atoms with van der Waals surface area (Å²) >= 11 is 0. The van der Waals surface area contributed by atoms with Gasteiger partial charge in [-0.1, -0.05) is 26.0 Å². The van der Waals surface area contributed by atoms with E-state index in [0.29, 0.717) is 6.04 Å². The van der Waals surface area contributed by atoms with Crippen LogP contribution in [0.1, 0.15) is 44.2 Å². The second-order valence-electron chi connectivity index (χ2n) is 4.75. The molecule has 19 heavy (non-hydrogen) atoms. The van der Waals surface area contributed by atoms with Crippen molar-refractivity contribution in [3.63, 3.8) is 0 Å². The van der Waals surface area contributed by atoms with Crippen molar-refractivity contribution < 1.29 is 13.2 Å². The molecule has 1 atom stereocenters. The van der Waals surface area contributed by atoms with E-state index in [4.69, 9.17) is 0 Å². The third-order valence-corrected chi connectivity index (χ3v) is 3.28. The maximum atomic E-state index is 12.4. The Kier molecular flexibility index (Phi) is 6.35. The number of hydrogen-bond donors (Lipinski definition) is 1. The van der Waals surface area contributed by atoms with Crippen LogP contribution in [0.3, 0.4) is 0 Å². The SMILES string of the molecule is CCNC(CC)CCCc1ccc(C(F)(F)F)cc1. The number of benzene rings is 1. The molecule has 1 rings (SSSR count). The molecule has 0 radical (unpaired) electrons. The molecule has 0 fully saturated rings. The van der Waals surface area contributed by atoms with Crippen molar-refractivity contribution in [3.8, 4) is 0 Å². The first-order chi connectivity index (χ1) is 8.97. The summed E-state index contributed by atoms with van der Waals surface area (Å²) in [7, 11) is 0.